The molecule has 2 heterocycles. The van der Waals surface area contributed by atoms with Crippen molar-refractivity contribution in [2.75, 3.05) is 19.7 Å². The van der Waals surface area contributed by atoms with Crippen LogP contribution in [0, 0.1) is 5.92 Å². The molecule has 248 valence electrons. The van der Waals surface area contributed by atoms with E-state index in [9.17, 15) is 24.3 Å². The van der Waals surface area contributed by atoms with Gasteiger partial charge in [0.25, 0.3) is 11.8 Å². The number of hydroxylamine groups is 2. The molecule has 2 aliphatic rings. The maximum absolute atomic E-state index is 13.9. The van der Waals surface area contributed by atoms with Gasteiger partial charge in [-0.25, -0.2) is 4.79 Å². The van der Waals surface area contributed by atoms with Crippen LogP contribution < -0.4 is 5.32 Å². The van der Waals surface area contributed by atoms with Gasteiger partial charge in [-0.15, -0.1) is 0 Å². The van der Waals surface area contributed by atoms with Gasteiger partial charge in [0.1, 0.15) is 17.5 Å². The lowest BCUT2D eigenvalue weighted by atomic mass is 10.0. The summed E-state index contributed by atoms with van der Waals surface area (Å²) in [5.41, 5.74) is 1.89. The number of piperazine rings is 1. The molecular weight excluding hydrogens is 588 g/mol. The first-order valence-corrected chi connectivity index (χ1v) is 16.2. The number of carbonyl (C=O) groups is 4. The summed E-state index contributed by atoms with van der Waals surface area (Å²) in [6.07, 6.45) is 2.52. The first kappa shape index (κ1) is 34.5. The molecule has 0 aromatic heterocycles. The molecule has 0 radical (unpaired) electrons. The van der Waals surface area contributed by atoms with Gasteiger partial charge in [-0.05, 0) is 55.4 Å². The molecule has 2 saturated heterocycles. The molecule has 2 aromatic carbocycles. The van der Waals surface area contributed by atoms with Gasteiger partial charge in [-0.3, -0.25) is 19.2 Å². The summed E-state index contributed by atoms with van der Waals surface area (Å²) in [7, 11) is 0. The Morgan fingerprint density at radius 1 is 1.07 bits per heavy atom. The van der Waals surface area contributed by atoms with E-state index in [1.165, 1.54) is 9.80 Å². The Labute approximate surface area is 271 Å². The molecule has 3 atom stereocenters. The minimum atomic E-state index is -1.07. The van der Waals surface area contributed by atoms with Crippen LogP contribution in [0.4, 0.5) is 4.79 Å². The molecule has 2 aliphatic heterocycles. The summed E-state index contributed by atoms with van der Waals surface area (Å²) >= 11 is 0. The van der Waals surface area contributed by atoms with Crippen molar-refractivity contribution in [1.29, 1.82) is 0 Å². The van der Waals surface area contributed by atoms with E-state index in [2.05, 4.69) is 19.2 Å². The van der Waals surface area contributed by atoms with Crippen molar-refractivity contribution in [3.8, 4) is 5.75 Å². The van der Waals surface area contributed by atoms with Gasteiger partial charge >= 0.3 is 6.09 Å². The number of amides is 4. The van der Waals surface area contributed by atoms with Crippen molar-refractivity contribution in [2.45, 2.75) is 84.5 Å². The molecule has 4 amide bonds. The number of hydrogen-bond acceptors (Lipinski definition) is 7. The third kappa shape index (κ3) is 8.66. The highest BCUT2D eigenvalue weighted by Gasteiger charge is 2.53. The fraction of sp³-hybridized carbons (Fsp3) is 0.486. The number of nitrogens with one attached hydrogen (secondary N) is 1. The number of fused-ring (bicyclic) bond motifs is 1. The van der Waals surface area contributed by atoms with E-state index in [-0.39, 0.29) is 36.9 Å². The highest BCUT2D eigenvalue weighted by molar-refractivity contribution is 6.00. The van der Waals surface area contributed by atoms with E-state index < -0.39 is 36.2 Å². The smallest absolute Gasteiger partial charge is 0.436 e. The van der Waals surface area contributed by atoms with Crippen LogP contribution in [0.3, 0.4) is 0 Å². The Hall–Kier alpha value is -4.38. The molecule has 46 heavy (non-hydrogen) atoms. The number of benzene rings is 2. The molecule has 0 spiro atoms. The SMILES string of the molecule is CCC/C=C(/C(=O)NCCCC(C)C)N1CC2N(C(=O)OCCc3ccc(O)cc3)O[C@H](Cc3ccccc3)C(=O)N2[C@@H](C)C1=O. The molecule has 0 bridgehead atoms. The molecule has 11 heteroatoms. The quantitative estimate of drug-likeness (QED) is 0.244. The van der Waals surface area contributed by atoms with Crippen molar-refractivity contribution in [3.63, 3.8) is 0 Å². The van der Waals surface area contributed by atoms with E-state index in [1.807, 2.05) is 37.3 Å². The number of nitrogens with zero attached hydrogens (tertiary/aromatic N) is 3. The molecular formula is C35H46N4O7. The van der Waals surface area contributed by atoms with Gasteiger partial charge < -0.3 is 25.0 Å². The summed E-state index contributed by atoms with van der Waals surface area (Å²) in [6, 6.07) is 14.9. The Kier molecular flexibility index (Phi) is 12.2. The van der Waals surface area contributed by atoms with Crippen LogP contribution in [0.1, 0.15) is 64.5 Å². The van der Waals surface area contributed by atoms with Gasteiger partial charge in [0, 0.05) is 19.4 Å². The summed E-state index contributed by atoms with van der Waals surface area (Å²) in [4.78, 5) is 63.6. The summed E-state index contributed by atoms with van der Waals surface area (Å²) in [5, 5.41) is 13.5. The predicted octanol–water partition coefficient (Wildman–Crippen LogP) is 4.55. The Bertz CT molecular complexity index is 1380. The molecule has 0 saturated carbocycles. The van der Waals surface area contributed by atoms with Crippen LogP contribution in [-0.2, 0) is 36.8 Å². The first-order valence-electron chi connectivity index (χ1n) is 16.2. The van der Waals surface area contributed by atoms with E-state index >= 15 is 0 Å². The average molecular weight is 635 g/mol. The number of aromatic hydroxyl groups is 1. The summed E-state index contributed by atoms with van der Waals surface area (Å²) < 4.78 is 5.62. The maximum Gasteiger partial charge on any atom is 0.436 e. The summed E-state index contributed by atoms with van der Waals surface area (Å²) in [6.45, 7) is 8.16. The normalized spacial score (nSPS) is 20.2. The van der Waals surface area contributed by atoms with E-state index in [0.29, 0.717) is 25.3 Å². The Morgan fingerprint density at radius 3 is 2.46 bits per heavy atom. The van der Waals surface area contributed by atoms with Crippen LogP contribution in [0.2, 0.25) is 0 Å². The van der Waals surface area contributed by atoms with Crippen LogP contribution in [-0.4, -0.2) is 81.8 Å². The zero-order chi connectivity index (χ0) is 33.2. The Balaban J connectivity index is 1.58. The second kappa shape index (κ2) is 16.3. The lowest BCUT2D eigenvalue weighted by Crippen LogP contribution is -2.73. The standard InChI is InChI=1S/C35H46N4O7/c1-5-6-14-29(32(41)36-20-10-11-24(2)3)37-23-31-38(25(4)33(37)42)34(43)30(22-27-12-8-7-9-13-27)46-39(31)35(44)45-21-19-26-15-17-28(40)18-16-26/h7-9,12-18,24-25,30-31,40H,5-6,10-11,19-23H2,1-4H3,(H,36,41)/b29-14-/t25-,30+,31?/m0/s1. The Morgan fingerprint density at radius 2 is 1.78 bits per heavy atom. The average Bonchev–Trinajstić information content (AvgIpc) is 3.04. The molecule has 0 aliphatic carbocycles. The van der Waals surface area contributed by atoms with Crippen molar-refractivity contribution in [1.82, 2.24) is 20.2 Å². The van der Waals surface area contributed by atoms with Crippen molar-refractivity contribution in [3.05, 3.63) is 77.5 Å². The second-order valence-corrected chi connectivity index (χ2v) is 12.2. The number of phenolic OH excluding ortho intramolecular Hbond substituents is 1. The number of unbranched alkanes of at least 4 members (excludes halogenated alkanes) is 1. The van der Waals surface area contributed by atoms with E-state index in [0.717, 1.165) is 35.5 Å². The molecule has 4 rings (SSSR count). The largest absolute Gasteiger partial charge is 0.508 e. The van der Waals surface area contributed by atoms with Crippen LogP contribution in [0.25, 0.3) is 0 Å². The third-order valence-electron chi connectivity index (χ3n) is 8.14. The minimum absolute atomic E-state index is 0.0200. The van der Waals surface area contributed by atoms with Crippen molar-refractivity contribution < 1.29 is 33.9 Å². The fourth-order valence-electron chi connectivity index (χ4n) is 5.61. The van der Waals surface area contributed by atoms with Crippen molar-refractivity contribution >= 4 is 23.8 Å². The summed E-state index contributed by atoms with van der Waals surface area (Å²) in [5.74, 6) is -0.563. The van der Waals surface area contributed by atoms with Crippen molar-refractivity contribution in [2.24, 2.45) is 5.92 Å². The third-order valence-corrected chi connectivity index (χ3v) is 8.14. The van der Waals surface area contributed by atoms with Gasteiger partial charge in [-0.2, -0.15) is 5.06 Å². The number of allylic oxidation sites excluding steroid dienone is 1. The second-order valence-electron chi connectivity index (χ2n) is 12.2. The van der Waals surface area contributed by atoms with Crippen LogP contribution in [0.5, 0.6) is 5.75 Å². The molecule has 1 unspecified atom stereocenters. The lowest BCUT2D eigenvalue weighted by molar-refractivity contribution is -0.264. The number of hydrogen-bond donors (Lipinski definition) is 2. The number of phenols is 1. The van der Waals surface area contributed by atoms with Crippen LogP contribution >= 0.6 is 0 Å². The highest BCUT2D eigenvalue weighted by atomic mass is 16.7. The fourth-order valence-corrected chi connectivity index (χ4v) is 5.61. The number of carbonyl (C=O) groups excluding carboxylic acids is 4. The zero-order valence-electron chi connectivity index (χ0n) is 27.2. The molecule has 2 N–H and O–H groups in total. The van der Waals surface area contributed by atoms with Crippen LogP contribution in [0.15, 0.2) is 66.4 Å². The predicted molar refractivity (Wildman–Crippen MR) is 172 cm³/mol. The number of rotatable bonds is 13. The minimum Gasteiger partial charge on any atom is -0.508 e. The van der Waals surface area contributed by atoms with Gasteiger partial charge in [-0.1, -0.05) is 75.7 Å². The molecule has 11 nitrogen and oxygen atoms in total. The maximum atomic E-state index is 13.9. The van der Waals surface area contributed by atoms with Gasteiger partial charge in [0.2, 0.25) is 5.91 Å². The monoisotopic (exact) mass is 634 g/mol. The zero-order valence-corrected chi connectivity index (χ0v) is 27.2. The first-order chi connectivity index (χ1) is 22.1. The topological polar surface area (TPSA) is 129 Å². The highest BCUT2D eigenvalue weighted by Crippen LogP contribution is 2.31. The molecule has 2 fully saturated rings. The van der Waals surface area contributed by atoms with Gasteiger partial charge in [0.15, 0.2) is 12.3 Å². The van der Waals surface area contributed by atoms with E-state index in [4.69, 9.17) is 9.57 Å². The lowest BCUT2D eigenvalue weighted by Gasteiger charge is -2.51. The molecule has 2 aromatic rings. The van der Waals surface area contributed by atoms with Gasteiger partial charge in [0.05, 0.1) is 13.2 Å². The van der Waals surface area contributed by atoms with E-state index in [1.54, 1.807) is 37.3 Å². The number of ether oxygens (including phenoxy) is 1.